The zero-order valence-corrected chi connectivity index (χ0v) is 11.5. The Hall–Kier alpha value is -1.27. The van der Waals surface area contributed by atoms with Gasteiger partial charge in [0.2, 0.25) is 0 Å². The summed E-state index contributed by atoms with van der Waals surface area (Å²) in [5.74, 6) is 0.632. The van der Waals surface area contributed by atoms with Crippen molar-refractivity contribution >= 4 is 38.9 Å². The van der Waals surface area contributed by atoms with Crippen LogP contribution >= 0.6 is 27.3 Å². The molecule has 0 fully saturated rings. The number of hydrogen-bond donors (Lipinski definition) is 1. The Morgan fingerprint density at radius 3 is 2.82 bits per heavy atom. The molecule has 0 spiro atoms. The maximum absolute atomic E-state index is 12.0. The van der Waals surface area contributed by atoms with Gasteiger partial charge < -0.3 is 15.1 Å². The monoisotopic (exact) mass is 314 g/mol. The first kappa shape index (κ1) is 12.2. The van der Waals surface area contributed by atoms with Crippen LogP contribution in [0.25, 0.3) is 0 Å². The van der Waals surface area contributed by atoms with Crippen molar-refractivity contribution < 1.29 is 9.21 Å². The fourth-order valence-corrected chi connectivity index (χ4v) is 2.56. The van der Waals surface area contributed by atoms with Crippen LogP contribution in [0.4, 0.5) is 5.69 Å². The van der Waals surface area contributed by atoms with Gasteiger partial charge in [0.1, 0.15) is 10.6 Å². The van der Waals surface area contributed by atoms with Crippen molar-refractivity contribution in [2.75, 3.05) is 12.8 Å². The van der Waals surface area contributed by atoms with Crippen LogP contribution in [-0.4, -0.2) is 17.9 Å². The van der Waals surface area contributed by atoms with Gasteiger partial charge in [-0.15, -0.1) is 11.3 Å². The highest BCUT2D eigenvalue weighted by Gasteiger charge is 2.17. The third-order valence-corrected chi connectivity index (χ3v) is 3.60. The van der Waals surface area contributed by atoms with Gasteiger partial charge in [-0.1, -0.05) is 0 Å². The number of furan rings is 1. The minimum atomic E-state index is -0.0926. The second-order valence-corrected chi connectivity index (χ2v) is 5.27. The first-order chi connectivity index (χ1) is 8.08. The molecule has 4 nitrogen and oxygen atoms in total. The van der Waals surface area contributed by atoms with E-state index in [-0.39, 0.29) is 5.91 Å². The predicted octanol–water partition coefficient (Wildman–Crippen LogP) is 2.96. The Balaban J connectivity index is 2.08. The summed E-state index contributed by atoms with van der Waals surface area (Å²) in [4.78, 5) is 14.2. The van der Waals surface area contributed by atoms with Crippen molar-refractivity contribution in [2.45, 2.75) is 6.54 Å². The standard InChI is InChI=1S/C11H11BrN2O2S/c1-14(6-7-2-3-9(12)16-7)11(15)10-8(13)4-5-17-10/h2-5H,6,13H2,1H3. The third-order valence-electron chi connectivity index (χ3n) is 2.26. The van der Waals surface area contributed by atoms with E-state index < -0.39 is 0 Å². The number of thiophene rings is 1. The minimum absolute atomic E-state index is 0.0926. The van der Waals surface area contributed by atoms with Crippen LogP contribution in [-0.2, 0) is 6.54 Å². The lowest BCUT2D eigenvalue weighted by atomic mass is 10.3. The fraction of sp³-hybridized carbons (Fsp3) is 0.182. The van der Waals surface area contributed by atoms with E-state index >= 15 is 0 Å². The van der Waals surface area contributed by atoms with Crippen molar-refractivity contribution in [1.29, 1.82) is 0 Å². The van der Waals surface area contributed by atoms with E-state index in [0.29, 0.717) is 21.8 Å². The molecule has 0 aliphatic carbocycles. The van der Waals surface area contributed by atoms with E-state index in [4.69, 9.17) is 10.2 Å². The Kier molecular flexibility index (Phi) is 3.54. The number of halogens is 1. The second-order valence-electron chi connectivity index (χ2n) is 3.57. The van der Waals surface area contributed by atoms with Gasteiger partial charge >= 0.3 is 0 Å². The molecule has 0 aliphatic heterocycles. The highest BCUT2D eigenvalue weighted by atomic mass is 79.9. The molecule has 0 saturated heterocycles. The number of nitrogens with two attached hydrogens (primary N) is 1. The second kappa shape index (κ2) is 4.93. The molecule has 2 aromatic heterocycles. The van der Waals surface area contributed by atoms with Gasteiger partial charge in [0.25, 0.3) is 5.91 Å². The van der Waals surface area contributed by atoms with Crippen molar-refractivity contribution in [3.63, 3.8) is 0 Å². The molecule has 2 N–H and O–H groups in total. The molecule has 0 saturated carbocycles. The Morgan fingerprint density at radius 2 is 2.29 bits per heavy atom. The molecule has 0 radical (unpaired) electrons. The molecular formula is C11H11BrN2O2S. The largest absolute Gasteiger partial charge is 0.452 e. The smallest absolute Gasteiger partial charge is 0.266 e. The summed E-state index contributed by atoms with van der Waals surface area (Å²) < 4.78 is 6.00. The average Bonchev–Trinajstić information content (AvgIpc) is 2.86. The van der Waals surface area contributed by atoms with E-state index in [1.165, 1.54) is 11.3 Å². The predicted molar refractivity (Wildman–Crippen MR) is 70.9 cm³/mol. The van der Waals surface area contributed by atoms with E-state index in [2.05, 4.69) is 15.9 Å². The molecule has 0 atom stereocenters. The lowest BCUT2D eigenvalue weighted by molar-refractivity contribution is 0.0781. The van der Waals surface area contributed by atoms with Crippen LogP contribution in [0.3, 0.4) is 0 Å². The number of nitrogen functional groups attached to an aromatic ring is 1. The first-order valence-electron chi connectivity index (χ1n) is 4.90. The van der Waals surface area contributed by atoms with Crippen LogP contribution < -0.4 is 5.73 Å². The van der Waals surface area contributed by atoms with Gasteiger partial charge in [-0.05, 0) is 39.5 Å². The van der Waals surface area contributed by atoms with Crippen molar-refractivity contribution in [2.24, 2.45) is 0 Å². The normalized spacial score (nSPS) is 10.5. The van der Waals surface area contributed by atoms with Crippen LogP contribution in [0.2, 0.25) is 0 Å². The molecule has 0 aliphatic rings. The summed E-state index contributed by atoms with van der Waals surface area (Å²) in [5, 5.41) is 1.81. The van der Waals surface area contributed by atoms with Gasteiger partial charge in [-0.3, -0.25) is 4.79 Å². The lowest BCUT2D eigenvalue weighted by Crippen LogP contribution is -2.25. The topological polar surface area (TPSA) is 59.5 Å². The summed E-state index contributed by atoms with van der Waals surface area (Å²) >= 11 is 4.57. The summed E-state index contributed by atoms with van der Waals surface area (Å²) in [5.41, 5.74) is 6.23. The summed E-state index contributed by atoms with van der Waals surface area (Å²) in [7, 11) is 1.72. The van der Waals surface area contributed by atoms with E-state index in [1.54, 1.807) is 29.5 Å². The number of carbonyl (C=O) groups excluding carboxylic acids is 1. The van der Waals surface area contributed by atoms with Gasteiger partial charge in [-0.25, -0.2) is 0 Å². The van der Waals surface area contributed by atoms with Crippen LogP contribution in [0.1, 0.15) is 15.4 Å². The molecule has 2 heterocycles. The molecule has 2 aromatic rings. The van der Waals surface area contributed by atoms with Gasteiger partial charge in [0, 0.05) is 7.05 Å². The number of amides is 1. The Morgan fingerprint density at radius 1 is 1.53 bits per heavy atom. The summed E-state index contributed by atoms with van der Waals surface area (Å²) in [6.07, 6.45) is 0. The first-order valence-corrected chi connectivity index (χ1v) is 6.58. The van der Waals surface area contributed by atoms with E-state index in [1.807, 2.05) is 6.07 Å². The molecule has 17 heavy (non-hydrogen) atoms. The SMILES string of the molecule is CN(Cc1ccc(Br)o1)C(=O)c1sccc1N. The number of rotatable bonds is 3. The number of anilines is 1. The number of nitrogens with zero attached hydrogens (tertiary/aromatic N) is 1. The molecule has 0 bridgehead atoms. The van der Waals surface area contributed by atoms with Crippen LogP contribution in [0.15, 0.2) is 32.7 Å². The molecule has 0 unspecified atom stereocenters. The molecule has 2 rings (SSSR count). The lowest BCUT2D eigenvalue weighted by Gasteiger charge is -2.14. The molecule has 90 valence electrons. The molecule has 6 heteroatoms. The highest BCUT2D eigenvalue weighted by molar-refractivity contribution is 9.10. The Labute approximate surface area is 111 Å². The van der Waals surface area contributed by atoms with Crippen LogP contribution in [0.5, 0.6) is 0 Å². The zero-order chi connectivity index (χ0) is 12.4. The van der Waals surface area contributed by atoms with Crippen molar-refractivity contribution in [1.82, 2.24) is 4.90 Å². The summed E-state index contributed by atoms with van der Waals surface area (Å²) in [6.45, 7) is 0.418. The minimum Gasteiger partial charge on any atom is -0.452 e. The molecule has 1 amide bonds. The fourth-order valence-electron chi connectivity index (χ4n) is 1.41. The zero-order valence-electron chi connectivity index (χ0n) is 9.14. The van der Waals surface area contributed by atoms with Gasteiger partial charge in [0.15, 0.2) is 4.67 Å². The quantitative estimate of drug-likeness (QED) is 0.947. The maximum Gasteiger partial charge on any atom is 0.266 e. The Bertz CT molecular complexity index is 535. The highest BCUT2D eigenvalue weighted by Crippen LogP contribution is 2.22. The van der Waals surface area contributed by atoms with Crippen LogP contribution in [0, 0.1) is 0 Å². The molecule has 0 aromatic carbocycles. The summed E-state index contributed by atoms with van der Waals surface area (Å²) in [6, 6.07) is 5.36. The average molecular weight is 315 g/mol. The number of carbonyl (C=O) groups is 1. The number of hydrogen-bond acceptors (Lipinski definition) is 4. The third kappa shape index (κ3) is 2.70. The molecular weight excluding hydrogens is 304 g/mol. The van der Waals surface area contributed by atoms with E-state index in [0.717, 1.165) is 5.76 Å². The van der Waals surface area contributed by atoms with Gasteiger partial charge in [-0.2, -0.15) is 0 Å². The van der Waals surface area contributed by atoms with Crippen molar-refractivity contribution in [3.05, 3.63) is 38.9 Å². The van der Waals surface area contributed by atoms with E-state index in [9.17, 15) is 4.79 Å². The van der Waals surface area contributed by atoms with Gasteiger partial charge in [0.05, 0.1) is 12.2 Å². The maximum atomic E-state index is 12.0. The van der Waals surface area contributed by atoms with Crippen molar-refractivity contribution in [3.8, 4) is 0 Å².